The number of ether oxygens (including phenoxy) is 1. The van der Waals surface area contributed by atoms with Crippen molar-refractivity contribution in [3.05, 3.63) is 114 Å². The number of hydrogen-bond acceptors (Lipinski definition) is 5. The third-order valence-corrected chi connectivity index (χ3v) is 5.78. The van der Waals surface area contributed by atoms with Gasteiger partial charge in [0.05, 0.1) is 6.42 Å². The van der Waals surface area contributed by atoms with Crippen molar-refractivity contribution in [2.75, 3.05) is 25.0 Å². The molecule has 0 aliphatic heterocycles. The van der Waals surface area contributed by atoms with Crippen LogP contribution in [-0.2, 0) is 24.2 Å². The van der Waals surface area contributed by atoms with E-state index in [2.05, 4.69) is 15.6 Å². The summed E-state index contributed by atoms with van der Waals surface area (Å²) in [5.41, 5.74) is 2.77. The quantitative estimate of drug-likeness (QED) is 0.242. The fourth-order valence-corrected chi connectivity index (χ4v) is 3.81. The molecule has 0 radical (unpaired) electrons. The Hall–Kier alpha value is -4.01. The predicted octanol–water partition coefficient (Wildman–Crippen LogP) is 3.82. The van der Waals surface area contributed by atoms with E-state index in [1.54, 1.807) is 18.3 Å². The first-order chi connectivity index (χ1) is 18.0. The van der Waals surface area contributed by atoms with Gasteiger partial charge in [-0.15, -0.1) is 0 Å². The molecule has 37 heavy (non-hydrogen) atoms. The maximum absolute atomic E-state index is 13.1. The number of nitrogens with one attached hydrogen (secondary N) is 2. The van der Waals surface area contributed by atoms with Gasteiger partial charge in [-0.1, -0.05) is 42.5 Å². The second-order valence-corrected chi connectivity index (χ2v) is 8.75. The van der Waals surface area contributed by atoms with Crippen molar-refractivity contribution in [3.63, 3.8) is 0 Å². The molecule has 8 heteroatoms. The highest BCUT2D eigenvalue weighted by Crippen LogP contribution is 2.12. The number of rotatable bonds is 13. The molecule has 3 aromatic carbocycles. The molecule has 1 heterocycles. The SMILES string of the molecule is O=C(Cc1nccn1Cc1ccc(F)cc1)Nc1ccc(CCNC[C@H](O)COc2ccccc2)cc1. The van der Waals surface area contributed by atoms with Crippen molar-refractivity contribution in [2.24, 2.45) is 0 Å². The second-order valence-electron chi connectivity index (χ2n) is 8.75. The molecule has 0 fully saturated rings. The van der Waals surface area contributed by atoms with Gasteiger partial charge < -0.3 is 25.0 Å². The summed E-state index contributed by atoms with van der Waals surface area (Å²) in [6, 6.07) is 23.4. The van der Waals surface area contributed by atoms with E-state index in [9.17, 15) is 14.3 Å². The van der Waals surface area contributed by atoms with Crippen molar-refractivity contribution >= 4 is 11.6 Å². The Morgan fingerprint density at radius 2 is 1.73 bits per heavy atom. The summed E-state index contributed by atoms with van der Waals surface area (Å²) in [5, 5.41) is 16.2. The molecule has 3 N–H and O–H groups in total. The van der Waals surface area contributed by atoms with Crippen molar-refractivity contribution in [1.82, 2.24) is 14.9 Å². The van der Waals surface area contributed by atoms with Gasteiger partial charge in [0.25, 0.3) is 0 Å². The maximum atomic E-state index is 13.1. The normalized spacial score (nSPS) is 11.7. The van der Waals surface area contributed by atoms with Gasteiger partial charge in [-0.05, 0) is 60.5 Å². The number of aromatic nitrogens is 2. The zero-order valence-electron chi connectivity index (χ0n) is 20.5. The van der Waals surface area contributed by atoms with Crippen LogP contribution in [0.4, 0.5) is 10.1 Å². The Balaban J connectivity index is 1.16. The minimum absolute atomic E-state index is 0.135. The predicted molar refractivity (Wildman–Crippen MR) is 141 cm³/mol. The zero-order chi connectivity index (χ0) is 25.9. The van der Waals surface area contributed by atoms with E-state index in [4.69, 9.17) is 4.74 Å². The number of halogens is 1. The molecule has 1 aromatic heterocycles. The van der Waals surface area contributed by atoms with Crippen LogP contribution < -0.4 is 15.4 Å². The number of aliphatic hydroxyl groups is 1. The lowest BCUT2D eigenvalue weighted by Crippen LogP contribution is -2.32. The first-order valence-electron chi connectivity index (χ1n) is 12.2. The third kappa shape index (κ3) is 8.56. The van der Waals surface area contributed by atoms with Gasteiger partial charge in [-0.2, -0.15) is 0 Å². The van der Waals surface area contributed by atoms with Crippen LogP contribution in [0, 0.1) is 5.82 Å². The van der Waals surface area contributed by atoms with Crippen LogP contribution in [0.3, 0.4) is 0 Å². The number of benzene rings is 3. The number of hydrogen-bond donors (Lipinski definition) is 3. The molecule has 0 spiro atoms. The fraction of sp³-hybridized carbons (Fsp3) is 0.241. The van der Waals surface area contributed by atoms with Crippen LogP contribution in [0.1, 0.15) is 17.0 Å². The lowest BCUT2D eigenvalue weighted by Gasteiger charge is -2.13. The summed E-state index contributed by atoms with van der Waals surface area (Å²) in [5.74, 6) is 0.942. The topological polar surface area (TPSA) is 88.4 Å². The standard InChI is InChI=1S/C29H31FN4O3/c30-24-10-6-23(7-11-24)20-34-17-16-32-28(34)18-29(36)33-25-12-8-22(9-13-25)14-15-31-19-26(35)21-37-27-4-2-1-3-5-27/h1-13,16-17,26,31,35H,14-15,18-21H2,(H,33,36)/t26-/m0/s1. The van der Waals surface area contributed by atoms with E-state index < -0.39 is 6.10 Å². The molecule has 0 aliphatic carbocycles. The van der Waals surface area contributed by atoms with E-state index in [0.717, 1.165) is 23.3 Å². The lowest BCUT2D eigenvalue weighted by atomic mass is 10.1. The first-order valence-corrected chi connectivity index (χ1v) is 12.2. The second kappa shape index (κ2) is 13.3. The molecule has 7 nitrogen and oxygen atoms in total. The minimum Gasteiger partial charge on any atom is -0.491 e. The maximum Gasteiger partial charge on any atom is 0.231 e. The van der Waals surface area contributed by atoms with E-state index in [-0.39, 0.29) is 24.8 Å². The molecule has 0 saturated heterocycles. The molecule has 1 amide bonds. The van der Waals surface area contributed by atoms with Gasteiger partial charge in [0, 0.05) is 31.2 Å². The summed E-state index contributed by atoms with van der Waals surface area (Å²) >= 11 is 0. The van der Waals surface area contributed by atoms with Crippen LogP contribution in [0.15, 0.2) is 91.3 Å². The van der Waals surface area contributed by atoms with Gasteiger partial charge in [0.2, 0.25) is 5.91 Å². The average molecular weight is 503 g/mol. The molecule has 4 aromatic rings. The molecule has 0 aliphatic rings. The highest BCUT2D eigenvalue weighted by molar-refractivity contribution is 5.91. The van der Waals surface area contributed by atoms with E-state index in [0.29, 0.717) is 31.1 Å². The molecule has 4 rings (SSSR count). The number of para-hydroxylation sites is 1. The third-order valence-electron chi connectivity index (χ3n) is 5.78. The van der Waals surface area contributed by atoms with Crippen molar-refractivity contribution in [1.29, 1.82) is 0 Å². The Kier molecular flexibility index (Phi) is 9.40. The van der Waals surface area contributed by atoms with E-state index in [1.807, 2.05) is 65.4 Å². The minimum atomic E-state index is -0.593. The summed E-state index contributed by atoms with van der Waals surface area (Å²) in [6.07, 6.45) is 3.80. The Bertz CT molecular complexity index is 1240. The summed E-state index contributed by atoms with van der Waals surface area (Å²) in [6.45, 7) is 1.91. The number of imidazole rings is 1. The van der Waals surface area contributed by atoms with Crippen molar-refractivity contribution < 1.29 is 19.0 Å². The summed E-state index contributed by atoms with van der Waals surface area (Å²) < 4.78 is 20.6. The highest BCUT2D eigenvalue weighted by Gasteiger charge is 2.10. The monoisotopic (exact) mass is 502 g/mol. The molecular weight excluding hydrogens is 471 g/mol. The molecule has 192 valence electrons. The Morgan fingerprint density at radius 3 is 2.49 bits per heavy atom. The van der Waals surface area contributed by atoms with Crippen LogP contribution >= 0.6 is 0 Å². The van der Waals surface area contributed by atoms with E-state index >= 15 is 0 Å². The molecule has 0 saturated carbocycles. The van der Waals surface area contributed by atoms with Gasteiger partial charge >= 0.3 is 0 Å². The lowest BCUT2D eigenvalue weighted by molar-refractivity contribution is -0.115. The van der Waals surface area contributed by atoms with Gasteiger partial charge in [0.15, 0.2) is 0 Å². The van der Waals surface area contributed by atoms with Crippen LogP contribution in [0.25, 0.3) is 0 Å². The van der Waals surface area contributed by atoms with Crippen molar-refractivity contribution in [2.45, 2.75) is 25.5 Å². The average Bonchev–Trinajstić information content (AvgIpc) is 3.34. The number of aliphatic hydroxyl groups excluding tert-OH is 1. The number of carbonyl (C=O) groups is 1. The fourth-order valence-electron chi connectivity index (χ4n) is 3.81. The smallest absolute Gasteiger partial charge is 0.231 e. The Morgan fingerprint density at radius 1 is 1.00 bits per heavy atom. The largest absolute Gasteiger partial charge is 0.491 e. The molecule has 0 unspecified atom stereocenters. The Labute approximate surface area is 215 Å². The van der Waals surface area contributed by atoms with Gasteiger partial charge in [-0.25, -0.2) is 9.37 Å². The number of amides is 1. The van der Waals surface area contributed by atoms with Gasteiger partial charge in [-0.3, -0.25) is 4.79 Å². The first kappa shape index (κ1) is 26.1. The summed E-state index contributed by atoms with van der Waals surface area (Å²) in [7, 11) is 0. The van der Waals surface area contributed by atoms with E-state index in [1.165, 1.54) is 12.1 Å². The number of carbonyl (C=O) groups excluding carboxylic acids is 1. The molecule has 0 bridgehead atoms. The zero-order valence-corrected chi connectivity index (χ0v) is 20.5. The van der Waals surface area contributed by atoms with Crippen LogP contribution in [-0.4, -0.2) is 46.4 Å². The van der Waals surface area contributed by atoms with Gasteiger partial charge in [0.1, 0.15) is 30.1 Å². The molecular formula is C29H31FN4O3. The highest BCUT2D eigenvalue weighted by atomic mass is 19.1. The van der Waals surface area contributed by atoms with Crippen LogP contribution in [0.5, 0.6) is 5.75 Å². The molecule has 1 atom stereocenters. The number of nitrogens with zero attached hydrogens (tertiary/aromatic N) is 2. The number of anilines is 1. The summed E-state index contributed by atoms with van der Waals surface area (Å²) in [4.78, 5) is 16.9. The van der Waals surface area contributed by atoms with Crippen molar-refractivity contribution in [3.8, 4) is 5.75 Å². The van der Waals surface area contributed by atoms with Crippen LogP contribution in [0.2, 0.25) is 0 Å².